The van der Waals surface area contributed by atoms with Crippen molar-refractivity contribution in [2.24, 2.45) is 0 Å². The van der Waals surface area contributed by atoms with Crippen molar-refractivity contribution in [2.45, 2.75) is 31.6 Å². The van der Waals surface area contributed by atoms with Crippen LogP contribution in [-0.4, -0.2) is 39.3 Å². The van der Waals surface area contributed by atoms with Crippen LogP contribution in [0, 0.1) is 0 Å². The van der Waals surface area contributed by atoms with Crippen molar-refractivity contribution in [3.05, 3.63) is 35.4 Å². The number of methoxy groups -OCH3 is 1. The molecule has 0 bridgehead atoms. The topological polar surface area (TPSA) is 92.7 Å². The summed E-state index contributed by atoms with van der Waals surface area (Å²) in [7, 11) is -1.96. The fourth-order valence-electron chi connectivity index (χ4n) is 1.98. The second kappa shape index (κ2) is 8.11. The maximum atomic E-state index is 12.1. The monoisotopic (exact) mass is 315 g/mol. The fraction of sp³-hybridized carbons (Fsp3) is 0.500. The van der Waals surface area contributed by atoms with Crippen molar-refractivity contribution in [3.8, 4) is 0 Å². The highest BCUT2D eigenvalue weighted by Crippen LogP contribution is 2.09. The summed E-state index contributed by atoms with van der Waals surface area (Å²) in [6.45, 7) is 2.30. The molecule has 0 aromatic heterocycles. The molecule has 118 valence electrons. The van der Waals surface area contributed by atoms with Gasteiger partial charge in [-0.1, -0.05) is 25.5 Å². The highest BCUT2D eigenvalue weighted by molar-refractivity contribution is 7.88. The number of nitrogens with one attached hydrogen (secondary N) is 1. The molecule has 0 aliphatic heterocycles. The number of aromatic carboxylic acids is 1. The van der Waals surface area contributed by atoms with E-state index in [0.29, 0.717) is 18.6 Å². The van der Waals surface area contributed by atoms with Gasteiger partial charge >= 0.3 is 5.97 Å². The third-order valence-electron chi connectivity index (χ3n) is 2.91. The molecule has 0 heterocycles. The Labute approximate surface area is 125 Å². The third-order valence-corrected chi connectivity index (χ3v) is 4.31. The van der Waals surface area contributed by atoms with Crippen LogP contribution in [0.2, 0.25) is 0 Å². The largest absolute Gasteiger partial charge is 0.478 e. The number of carboxylic acid groups (broad SMARTS) is 1. The van der Waals surface area contributed by atoms with E-state index >= 15 is 0 Å². The standard InChI is InChI=1S/C14H21NO5S/c1-3-4-13(9-20-2)15-21(18,19)10-11-5-7-12(8-6-11)14(16)17/h5-8,13,15H,3-4,9-10H2,1-2H3,(H,16,17). The SMILES string of the molecule is CCCC(COC)NS(=O)(=O)Cc1ccc(C(=O)O)cc1. The van der Waals surface area contributed by atoms with E-state index in [-0.39, 0.29) is 17.4 Å². The summed E-state index contributed by atoms with van der Waals surface area (Å²) in [5.74, 6) is -1.22. The number of ether oxygens (including phenoxy) is 1. The Morgan fingerprint density at radius 2 is 1.95 bits per heavy atom. The molecule has 21 heavy (non-hydrogen) atoms. The van der Waals surface area contributed by atoms with E-state index in [1.807, 2.05) is 6.92 Å². The predicted octanol–water partition coefficient (Wildman–Crippen LogP) is 1.62. The molecular formula is C14H21NO5S. The van der Waals surface area contributed by atoms with E-state index in [1.54, 1.807) is 0 Å². The van der Waals surface area contributed by atoms with E-state index in [0.717, 1.165) is 6.42 Å². The van der Waals surface area contributed by atoms with E-state index in [9.17, 15) is 13.2 Å². The molecule has 7 heteroatoms. The summed E-state index contributed by atoms with van der Waals surface area (Å²) < 4.78 is 31.8. The molecule has 0 amide bonds. The summed E-state index contributed by atoms with van der Waals surface area (Å²) in [6, 6.07) is 5.56. The Morgan fingerprint density at radius 3 is 2.43 bits per heavy atom. The Morgan fingerprint density at radius 1 is 1.33 bits per heavy atom. The molecule has 0 aliphatic carbocycles. The van der Waals surface area contributed by atoms with Crippen LogP contribution >= 0.6 is 0 Å². The van der Waals surface area contributed by atoms with Gasteiger partial charge in [-0.25, -0.2) is 17.9 Å². The molecule has 0 saturated heterocycles. The average molecular weight is 315 g/mol. The van der Waals surface area contributed by atoms with Crippen LogP contribution in [-0.2, 0) is 20.5 Å². The van der Waals surface area contributed by atoms with E-state index < -0.39 is 16.0 Å². The molecule has 1 atom stereocenters. The Hall–Kier alpha value is -1.44. The highest BCUT2D eigenvalue weighted by Gasteiger charge is 2.18. The van der Waals surface area contributed by atoms with Crippen LogP contribution in [0.3, 0.4) is 0 Å². The van der Waals surface area contributed by atoms with E-state index in [1.165, 1.54) is 31.4 Å². The molecular weight excluding hydrogens is 294 g/mol. The molecule has 0 spiro atoms. The molecule has 0 aliphatic rings. The highest BCUT2D eigenvalue weighted by atomic mass is 32.2. The van der Waals surface area contributed by atoms with Gasteiger partial charge in [-0.2, -0.15) is 0 Å². The van der Waals surface area contributed by atoms with Gasteiger partial charge in [0.25, 0.3) is 0 Å². The van der Waals surface area contributed by atoms with Crippen molar-refractivity contribution in [1.82, 2.24) is 4.72 Å². The van der Waals surface area contributed by atoms with Crippen molar-refractivity contribution in [1.29, 1.82) is 0 Å². The van der Waals surface area contributed by atoms with Gasteiger partial charge in [0.2, 0.25) is 10.0 Å². The maximum Gasteiger partial charge on any atom is 0.335 e. The van der Waals surface area contributed by atoms with Crippen molar-refractivity contribution in [3.63, 3.8) is 0 Å². The number of carbonyl (C=O) groups is 1. The number of rotatable bonds is 9. The molecule has 1 unspecified atom stereocenters. The molecule has 0 radical (unpaired) electrons. The first-order chi connectivity index (χ1) is 9.88. The molecule has 1 aromatic rings. The summed E-state index contributed by atoms with van der Waals surface area (Å²) in [5.41, 5.74) is 0.674. The molecule has 2 N–H and O–H groups in total. The molecule has 6 nitrogen and oxygen atoms in total. The molecule has 1 rings (SSSR count). The van der Waals surface area contributed by atoms with E-state index in [4.69, 9.17) is 9.84 Å². The van der Waals surface area contributed by atoms with Crippen LogP contribution in [0.25, 0.3) is 0 Å². The van der Waals surface area contributed by atoms with Gasteiger partial charge in [0, 0.05) is 13.2 Å². The molecule has 1 aromatic carbocycles. The number of hydrogen-bond acceptors (Lipinski definition) is 4. The minimum atomic E-state index is -3.49. The molecule has 0 fully saturated rings. The van der Waals surface area contributed by atoms with Gasteiger partial charge in [-0.05, 0) is 24.1 Å². The number of sulfonamides is 1. The van der Waals surface area contributed by atoms with Gasteiger partial charge in [0.15, 0.2) is 0 Å². The predicted molar refractivity (Wildman–Crippen MR) is 79.7 cm³/mol. The first-order valence-electron chi connectivity index (χ1n) is 6.69. The van der Waals surface area contributed by atoms with Crippen molar-refractivity contribution in [2.75, 3.05) is 13.7 Å². The zero-order valence-electron chi connectivity index (χ0n) is 12.2. The minimum absolute atomic E-state index is 0.132. The van der Waals surface area contributed by atoms with Crippen molar-refractivity contribution >= 4 is 16.0 Å². The average Bonchev–Trinajstić information content (AvgIpc) is 2.38. The first-order valence-corrected chi connectivity index (χ1v) is 8.34. The van der Waals surface area contributed by atoms with Crippen LogP contribution in [0.4, 0.5) is 0 Å². The Kier molecular flexibility index (Phi) is 6.80. The van der Waals surface area contributed by atoms with E-state index in [2.05, 4.69) is 4.72 Å². The maximum absolute atomic E-state index is 12.1. The smallest absolute Gasteiger partial charge is 0.335 e. The number of carboxylic acids is 1. The third kappa shape index (κ3) is 6.24. The lowest BCUT2D eigenvalue weighted by molar-refractivity contribution is 0.0697. The summed E-state index contributed by atoms with van der Waals surface area (Å²) >= 11 is 0. The Balaban J connectivity index is 2.72. The normalized spacial score (nSPS) is 13.0. The Bertz CT molecular complexity index is 547. The van der Waals surface area contributed by atoms with Crippen LogP contribution in [0.15, 0.2) is 24.3 Å². The summed E-state index contributed by atoms with van der Waals surface area (Å²) in [5, 5.41) is 8.80. The quantitative estimate of drug-likeness (QED) is 0.722. The lowest BCUT2D eigenvalue weighted by Gasteiger charge is -2.17. The summed E-state index contributed by atoms with van der Waals surface area (Å²) in [6.07, 6.45) is 1.55. The van der Waals surface area contributed by atoms with Crippen molar-refractivity contribution < 1.29 is 23.1 Å². The second-order valence-corrected chi connectivity index (χ2v) is 6.57. The lowest BCUT2D eigenvalue weighted by Crippen LogP contribution is -2.38. The summed E-state index contributed by atoms with van der Waals surface area (Å²) in [4.78, 5) is 10.7. The van der Waals surface area contributed by atoms with Gasteiger partial charge in [0.05, 0.1) is 17.9 Å². The van der Waals surface area contributed by atoms with Crippen LogP contribution < -0.4 is 4.72 Å². The van der Waals surface area contributed by atoms with Gasteiger partial charge in [-0.3, -0.25) is 0 Å². The first kappa shape index (κ1) is 17.6. The van der Waals surface area contributed by atoms with Gasteiger partial charge < -0.3 is 9.84 Å². The number of hydrogen-bond donors (Lipinski definition) is 2. The zero-order chi connectivity index (χ0) is 15.9. The zero-order valence-corrected chi connectivity index (χ0v) is 13.0. The van der Waals surface area contributed by atoms with Gasteiger partial charge in [0.1, 0.15) is 0 Å². The molecule has 0 saturated carbocycles. The minimum Gasteiger partial charge on any atom is -0.478 e. The fourth-order valence-corrected chi connectivity index (χ4v) is 3.39. The lowest BCUT2D eigenvalue weighted by atomic mass is 10.1. The van der Waals surface area contributed by atoms with Gasteiger partial charge in [-0.15, -0.1) is 0 Å². The van der Waals surface area contributed by atoms with Crippen LogP contribution in [0.5, 0.6) is 0 Å². The second-order valence-electron chi connectivity index (χ2n) is 4.82. The number of benzene rings is 1. The van der Waals surface area contributed by atoms with Crippen LogP contribution in [0.1, 0.15) is 35.7 Å².